The molecule has 0 saturated carbocycles. The molecular weight excluding hydrogens is 356 g/mol. The molecule has 0 atom stereocenters. The normalized spacial score (nSPS) is 10.5. The summed E-state index contributed by atoms with van der Waals surface area (Å²) in [6.07, 6.45) is 0.492. The van der Waals surface area contributed by atoms with Crippen molar-refractivity contribution >= 4 is 11.7 Å². The van der Waals surface area contributed by atoms with Crippen LogP contribution in [0.1, 0.15) is 22.8 Å². The molecule has 28 heavy (non-hydrogen) atoms. The maximum Gasteiger partial charge on any atom is 0.321 e. The zero-order chi connectivity index (χ0) is 19.9. The number of rotatable bonds is 7. The second kappa shape index (κ2) is 9.03. The second-order valence-electron chi connectivity index (χ2n) is 6.68. The molecule has 0 radical (unpaired) electrons. The van der Waals surface area contributed by atoms with Crippen LogP contribution in [0.5, 0.6) is 5.75 Å². The van der Waals surface area contributed by atoms with E-state index in [4.69, 9.17) is 9.26 Å². The van der Waals surface area contributed by atoms with Crippen LogP contribution in [0.25, 0.3) is 0 Å². The highest BCUT2D eigenvalue weighted by Crippen LogP contribution is 2.14. The van der Waals surface area contributed by atoms with Gasteiger partial charge in [-0.1, -0.05) is 29.4 Å². The first-order valence-electron chi connectivity index (χ1n) is 9.09. The van der Waals surface area contributed by atoms with Crippen LogP contribution in [0, 0.1) is 13.8 Å². The summed E-state index contributed by atoms with van der Waals surface area (Å²) in [5.74, 6) is 1.70. The van der Waals surface area contributed by atoms with Crippen LogP contribution < -0.4 is 10.1 Å². The molecule has 2 amide bonds. The Balaban J connectivity index is 1.46. The number of carbonyl (C=O) groups excluding carboxylic acids is 1. The van der Waals surface area contributed by atoms with E-state index in [0.717, 1.165) is 22.6 Å². The van der Waals surface area contributed by atoms with E-state index >= 15 is 0 Å². The average molecular weight is 380 g/mol. The van der Waals surface area contributed by atoms with Crippen LogP contribution in [0.2, 0.25) is 0 Å². The summed E-state index contributed by atoms with van der Waals surface area (Å²) >= 11 is 0. The van der Waals surface area contributed by atoms with Gasteiger partial charge < -0.3 is 19.5 Å². The lowest BCUT2D eigenvalue weighted by Gasteiger charge is -2.17. The fraction of sp³-hybridized carbons (Fsp3) is 0.286. The fourth-order valence-electron chi connectivity index (χ4n) is 2.61. The standard InChI is InChI=1S/C21H24N4O3/c1-15-6-4-8-17(12-15)22-21(26)25(3)11-10-19-23-20(28-24-19)14-27-18-9-5-7-16(2)13-18/h4-9,12-13H,10-11,14H2,1-3H3,(H,22,26). The molecule has 0 saturated heterocycles. The summed E-state index contributed by atoms with van der Waals surface area (Å²) in [5, 5.41) is 6.82. The zero-order valence-electron chi connectivity index (χ0n) is 16.3. The third-order valence-electron chi connectivity index (χ3n) is 4.15. The number of nitrogens with one attached hydrogen (secondary N) is 1. The SMILES string of the molecule is Cc1cccc(NC(=O)N(C)CCc2noc(COc3cccc(C)c3)n2)c1. The number of carbonyl (C=O) groups is 1. The van der Waals surface area contributed by atoms with Crippen LogP contribution in [-0.4, -0.2) is 34.7 Å². The Labute approximate surface area is 164 Å². The number of aromatic nitrogens is 2. The molecule has 2 aromatic carbocycles. The van der Waals surface area contributed by atoms with Gasteiger partial charge in [0, 0.05) is 25.7 Å². The van der Waals surface area contributed by atoms with Crippen molar-refractivity contribution in [3.63, 3.8) is 0 Å². The fourth-order valence-corrected chi connectivity index (χ4v) is 2.61. The Morgan fingerprint density at radius 2 is 1.89 bits per heavy atom. The van der Waals surface area contributed by atoms with E-state index in [1.807, 2.05) is 62.4 Å². The predicted molar refractivity (Wildman–Crippen MR) is 106 cm³/mol. The van der Waals surface area contributed by atoms with Gasteiger partial charge in [-0.15, -0.1) is 0 Å². The number of ether oxygens (including phenoxy) is 1. The van der Waals surface area contributed by atoms with Gasteiger partial charge in [-0.25, -0.2) is 4.79 Å². The van der Waals surface area contributed by atoms with Gasteiger partial charge in [0.05, 0.1) is 0 Å². The van der Waals surface area contributed by atoms with Gasteiger partial charge >= 0.3 is 6.03 Å². The molecule has 0 fully saturated rings. The number of benzene rings is 2. The third kappa shape index (κ3) is 5.57. The monoisotopic (exact) mass is 380 g/mol. The highest BCUT2D eigenvalue weighted by atomic mass is 16.5. The minimum atomic E-state index is -0.183. The molecule has 0 unspecified atom stereocenters. The number of likely N-dealkylation sites (N-methyl/N-ethyl adjacent to an activating group) is 1. The van der Waals surface area contributed by atoms with Crippen molar-refractivity contribution < 1.29 is 14.1 Å². The van der Waals surface area contributed by atoms with E-state index in [0.29, 0.717) is 24.7 Å². The van der Waals surface area contributed by atoms with Gasteiger partial charge in [0.15, 0.2) is 12.4 Å². The quantitative estimate of drug-likeness (QED) is 0.671. The highest BCUT2D eigenvalue weighted by molar-refractivity contribution is 5.89. The van der Waals surface area contributed by atoms with Crippen LogP contribution in [0.15, 0.2) is 53.1 Å². The van der Waals surface area contributed by atoms with E-state index < -0.39 is 0 Å². The Kier molecular flexibility index (Phi) is 6.26. The maximum atomic E-state index is 12.3. The van der Waals surface area contributed by atoms with E-state index in [1.165, 1.54) is 0 Å². The number of hydrogen-bond acceptors (Lipinski definition) is 5. The van der Waals surface area contributed by atoms with Crippen molar-refractivity contribution in [2.45, 2.75) is 26.9 Å². The Morgan fingerprint density at radius 3 is 2.64 bits per heavy atom. The molecule has 0 aliphatic carbocycles. The van der Waals surface area contributed by atoms with Gasteiger partial charge in [-0.3, -0.25) is 0 Å². The van der Waals surface area contributed by atoms with Crippen LogP contribution in [0.3, 0.4) is 0 Å². The molecule has 1 heterocycles. The van der Waals surface area contributed by atoms with E-state index in [9.17, 15) is 4.79 Å². The maximum absolute atomic E-state index is 12.3. The van der Waals surface area contributed by atoms with Crippen LogP contribution in [0.4, 0.5) is 10.5 Å². The first kappa shape index (κ1) is 19.4. The topological polar surface area (TPSA) is 80.5 Å². The minimum Gasteiger partial charge on any atom is -0.484 e. The molecule has 1 N–H and O–H groups in total. The number of urea groups is 1. The van der Waals surface area contributed by atoms with Crippen LogP contribution >= 0.6 is 0 Å². The molecule has 3 aromatic rings. The Bertz CT molecular complexity index is 939. The second-order valence-corrected chi connectivity index (χ2v) is 6.68. The number of amides is 2. The van der Waals surface area contributed by atoms with Crippen molar-refractivity contribution in [3.05, 3.63) is 71.4 Å². The van der Waals surface area contributed by atoms with Gasteiger partial charge in [0.25, 0.3) is 5.89 Å². The molecule has 7 nitrogen and oxygen atoms in total. The summed E-state index contributed by atoms with van der Waals surface area (Å²) in [6, 6.07) is 15.2. The van der Waals surface area contributed by atoms with Gasteiger partial charge in [-0.05, 0) is 49.2 Å². The van der Waals surface area contributed by atoms with Gasteiger partial charge in [-0.2, -0.15) is 4.98 Å². The van der Waals surface area contributed by atoms with Gasteiger partial charge in [0.2, 0.25) is 0 Å². The molecule has 3 rings (SSSR count). The molecule has 0 aliphatic rings. The summed E-state index contributed by atoms with van der Waals surface area (Å²) < 4.78 is 10.9. The lowest BCUT2D eigenvalue weighted by atomic mass is 10.2. The van der Waals surface area contributed by atoms with Crippen molar-refractivity contribution in [2.75, 3.05) is 18.9 Å². The number of aryl methyl sites for hydroxylation is 2. The summed E-state index contributed by atoms with van der Waals surface area (Å²) in [5.41, 5.74) is 2.98. The summed E-state index contributed by atoms with van der Waals surface area (Å²) in [6.45, 7) is 4.66. The lowest BCUT2D eigenvalue weighted by Crippen LogP contribution is -2.33. The Hall–Kier alpha value is -3.35. The Morgan fingerprint density at radius 1 is 1.14 bits per heavy atom. The van der Waals surface area contributed by atoms with E-state index in [1.54, 1.807) is 11.9 Å². The smallest absolute Gasteiger partial charge is 0.321 e. The average Bonchev–Trinajstić information content (AvgIpc) is 3.12. The number of nitrogens with zero attached hydrogens (tertiary/aromatic N) is 3. The molecule has 0 aliphatic heterocycles. The van der Waals surface area contributed by atoms with Crippen molar-refractivity contribution in [1.82, 2.24) is 15.0 Å². The lowest BCUT2D eigenvalue weighted by molar-refractivity contribution is 0.222. The largest absolute Gasteiger partial charge is 0.484 e. The first-order chi connectivity index (χ1) is 13.5. The van der Waals surface area contributed by atoms with Crippen molar-refractivity contribution in [1.29, 1.82) is 0 Å². The predicted octanol–water partition coefficient (Wildman–Crippen LogP) is 3.97. The molecular formula is C21H24N4O3. The summed E-state index contributed by atoms with van der Waals surface area (Å²) in [4.78, 5) is 18.2. The van der Waals surface area contributed by atoms with Crippen LogP contribution in [-0.2, 0) is 13.0 Å². The first-order valence-corrected chi connectivity index (χ1v) is 9.09. The molecule has 7 heteroatoms. The minimum absolute atomic E-state index is 0.183. The number of anilines is 1. The van der Waals surface area contributed by atoms with Crippen molar-refractivity contribution in [2.24, 2.45) is 0 Å². The molecule has 146 valence electrons. The van der Waals surface area contributed by atoms with Crippen molar-refractivity contribution in [3.8, 4) is 5.75 Å². The molecule has 0 spiro atoms. The number of hydrogen-bond donors (Lipinski definition) is 1. The van der Waals surface area contributed by atoms with E-state index in [-0.39, 0.29) is 12.6 Å². The third-order valence-corrected chi connectivity index (χ3v) is 4.15. The molecule has 1 aromatic heterocycles. The summed E-state index contributed by atoms with van der Waals surface area (Å²) in [7, 11) is 1.73. The van der Waals surface area contributed by atoms with Gasteiger partial charge in [0.1, 0.15) is 5.75 Å². The van der Waals surface area contributed by atoms with E-state index in [2.05, 4.69) is 15.5 Å². The molecule has 0 bridgehead atoms. The zero-order valence-corrected chi connectivity index (χ0v) is 16.3. The highest BCUT2D eigenvalue weighted by Gasteiger charge is 2.12.